The van der Waals surface area contributed by atoms with E-state index in [1.165, 1.54) is 0 Å². The Bertz CT molecular complexity index is 1110. The lowest BCUT2D eigenvalue weighted by atomic mass is 10.1. The van der Waals surface area contributed by atoms with Crippen LogP contribution in [0.4, 0.5) is 0 Å². The van der Waals surface area contributed by atoms with Crippen LogP contribution in [0.15, 0.2) is 67.1 Å². The summed E-state index contributed by atoms with van der Waals surface area (Å²) < 4.78 is 11.9. The quantitative estimate of drug-likeness (QED) is 0.633. The summed E-state index contributed by atoms with van der Waals surface area (Å²) in [4.78, 5) is 36.1. The zero-order valence-corrected chi connectivity index (χ0v) is 19.0. The molecule has 1 aliphatic rings. The molecule has 0 fully saturated rings. The topological polar surface area (TPSA) is 93.7 Å². The Morgan fingerprint density at radius 2 is 1.74 bits per heavy atom. The van der Waals surface area contributed by atoms with Crippen molar-refractivity contribution in [1.82, 2.24) is 20.2 Å². The van der Waals surface area contributed by atoms with E-state index in [-0.39, 0.29) is 24.2 Å². The maximum absolute atomic E-state index is 13.5. The molecule has 0 bridgehead atoms. The van der Waals surface area contributed by atoms with Gasteiger partial charge in [-0.1, -0.05) is 25.0 Å². The number of nitrogens with one attached hydrogen (secondary N) is 1. The van der Waals surface area contributed by atoms with Gasteiger partial charge in [0.05, 0.1) is 13.2 Å². The van der Waals surface area contributed by atoms with Crippen molar-refractivity contribution >= 4 is 11.8 Å². The van der Waals surface area contributed by atoms with Crippen molar-refractivity contribution in [3.63, 3.8) is 0 Å². The molecule has 34 heavy (non-hydrogen) atoms. The average Bonchev–Trinajstić information content (AvgIpc) is 2.87. The first-order chi connectivity index (χ1) is 16.7. The first-order valence-corrected chi connectivity index (χ1v) is 11.5. The Kier molecular flexibility index (Phi) is 8.05. The Labute approximate surface area is 198 Å². The smallest absolute Gasteiger partial charge is 0.259 e. The van der Waals surface area contributed by atoms with Crippen molar-refractivity contribution in [1.29, 1.82) is 0 Å². The van der Waals surface area contributed by atoms with E-state index in [9.17, 15) is 9.59 Å². The summed E-state index contributed by atoms with van der Waals surface area (Å²) in [7, 11) is 0. The molecule has 1 aromatic carbocycles. The summed E-state index contributed by atoms with van der Waals surface area (Å²) in [6, 6.07) is 14.4. The average molecular weight is 461 g/mol. The molecule has 0 saturated heterocycles. The lowest BCUT2D eigenvalue weighted by molar-refractivity contribution is -0.122. The lowest BCUT2D eigenvalue weighted by Gasteiger charge is -2.23. The van der Waals surface area contributed by atoms with Crippen LogP contribution >= 0.6 is 0 Å². The third-order valence-electron chi connectivity index (χ3n) is 5.50. The third-order valence-corrected chi connectivity index (χ3v) is 5.50. The first kappa shape index (κ1) is 23.2. The van der Waals surface area contributed by atoms with Gasteiger partial charge >= 0.3 is 0 Å². The maximum Gasteiger partial charge on any atom is 0.259 e. The molecule has 0 radical (unpaired) electrons. The SMILES string of the molecule is O=C(CN1CCCCCCOc2ccccc2Oc2ncccc2C1=O)NCc1ccncc1. The molecule has 1 N–H and O–H groups in total. The number of hydrogen-bond acceptors (Lipinski definition) is 6. The second-order valence-corrected chi connectivity index (χ2v) is 8.03. The molecule has 8 heteroatoms. The van der Waals surface area contributed by atoms with E-state index in [2.05, 4.69) is 15.3 Å². The number of rotatable bonds is 4. The summed E-state index contributed by atoms with van der Waals surface area (Å²) in [5.41, 5.74) is 1.25. The van der Waals surface area contributed by atoms with Gasteiger partial charge in [-0.3, -0.25) is 14.6 Å². The summed E-state index contributed by atoms with van der Waals surface area (Å²) >= 11 is 0. The number of carbonyl (C=O) groups is 2. The lowest BCUT2D eigenvalue weighted by Crippen LogP contribution is -2.41. The van der Waals surface area contributed by atoms with Gasteiger partial charge in [-0.15, -0.1) is 0 Å². The van der Waals surface area contributed by atoms with Crippen LogP contribution in [0.25, 0.3) is 0 Å². The fourth-order valence-corrected chi connectivity index (χ4v) is 3.69. The van der Waals surface area contributed by atoms with Gasteiger partial charge in [0, 0.05) is 31.7 Å². The molecule has 1 aliphatic heterocycles. The maximum atomic E-state index is 13.5. The third kappa shape index (κ3) is 6.31. The summed E-state index contributed by atoms with van der Waals surface area (Å²) in [5, 5.41) is 2.88. The largest absolute Gasteiger partial charge is 0.490 e. The Morgan fingerprint density at radius 1 is 0.941 bits per heavy atom. The number of nitrogens with zero attached hydrogens (tertiary/aromatic N) is 3. The first-order valence-electron chi connectivity index (χ1n) is 11.5. The molecule has 176 valence electrons. The van der Waals surface area contributed by atoms with E-state index in [0.717, 1.165) is 31.2 Å². The fourth-order valence-electron chi connectivity index (χ4n) is 3.69. The number of carbonyl (C=O) groups excluding carboxylic acids is 2. The zero-order valence-electron chi connectivity index (χ0n) is 19.0. The van der Waals surface area contributed by atoms with Crippen molar-refractivity contribution in [2.75, 3.05) is 19.7 Å². The highest BCUT2D eigenvalue weighted by Gasteiger charge is 2.23. The van der Waals surface area contributed by atoms with Crippen LogP contribution < -0.4 is 14.8 Å². The van der Waals surface area contributed by atoms with E-state index in [4.69, 9.17) is 9.47 Å². The number of ether oxygens (including phenoxy) is 2. The minimum atomic E-state index is -0.294. The molecule has 0 atom stereocenters. The Hall–Kier alpha value is -3.94. The Morgan fingerprint density at radius 3 is 2.59 bits per heavy atom. The van der Waals surface area contributed by atoms with Gasteiger partial charge < -0.3 is 19.7 Å². The van der Waals surface area contributed by atoms with E-state index in [0.29, 0.717) is 36.8 Å². The van der Waals surface area contributed by atoms with E-state index in [1.807, 2.05) is 30.3 Å². The summed E-state index contributed by atoms with van der Waals surface area (Å²) in [6.07, 6.45) is 8.52. The molecule has 0 spiro atoms. The van der Waals surface area contributed by atoms with Crippen LogP contribution in [-0.2, 0) is 11.3 Å². The molecular weight excluding hydrogens is 432 g/mol. The van der Waals surface area contributed by atoms with Crippen LogP contribution in [0.5, 0.6) is 17.4 Å². The van der Waals surface area contributed by atoms with Crippen molar-refractivity contribution in [3.05, 3.63) is 78.2 Å². The van der Waals surface area contributed by atoms with Gasteiger partial charge in [-0.05, 0) is 54.8 Å². The number of pyridine rings is 2. The summed E-state index contributed by atoms with van der Waals surface area (Å²) in [6.45, 7) is 1.38. The predicted octanol–water partition coefficient (Wildman–Crippen LogP) is 3.98. The van der Waals surface area contributed by atoms with Crippen LogP contribution in [0.1, 0.15) is 41.6 Å². The van der Waals surface area contributed by atoms with Gasteiger partial charge in [-0.2, -0.15) is 0 Å². The van der Waals surface area contributed by atoms with Crippen LogP contribution in [0.3, 0.4) is 0 Å². The molecule has 4 rings (SSSR count). The van der Waals surface area contributed by atoms with Gasteiger partial charge in [0.1, 0.15) is 5.56 Å². The highest BCUT2D eigenvalue weighted by atomic mass is 16.5. The van der Waals surface area contributed by atoms with Crippen molar-refractivity contribution in [3.8, 4) is 17.4 Å². The number of hydrogen-bond donors (Lipinski definition) is 1. The minimum Gasteiger partial charge on any atom is -0.490 e. The molecule has 2 aromatic heterocycles. The fraction of sp³-hybridized carbons (Fsp3) is 0.308. The van der Waals surface area contributed by atoms with Crippen molar-refractivity contribution < 1.29 is 19.1 Å². The van der Waals surface area contributed by atoms with Crippen molar-refractivity contribution in [2.24, 2.45) is 0 Å². The highest BCUT2D eigenvalue weighted by Crippen LogP contribution is 2.32. The van der Waals surface area contributed by atoms with Gasteiger partial charge in [-0.25, -0.2) is 4.98 Å². The molecule has 3 heterocycles. The minimum absolute atomic E-state index is 0.0437. The van der Waals surface area contributed by atoms with Crippen LogP contribution in [0.2, 0.25) is 0 Å². The zero-order chi connectivity index (χ0) is 23.6. The number of amides is 2. The molecular formula is C26H28N4O4. The van der Waals surface area contributed by atoms with Gasteiger partial charge in [0.15, 0.2) is 11.5 Å². The van der Waals surface area contributed by atoms with E-state index < -0.39 is 0 Å². The molecule has 0 saturated carbocycles. The number of aromatic nitrogens is 2. The molecule has 2 amide bonds. The van der Waals surface area contributed by atoms with Crippen LogP contribution in [0, 0.1) is 0 Å². The number of benzene rings is 1. The molecule has 8 nitrogen and oxygen atoms in total. The van der Waals surface area contributed by atoms with E-state index >= 15 is 0 Å². The van der Waals surface area contributed by atoms with Crippen molar-refractivity contribution in [2.45, 2.75) is 32.2 Å². The summed E-state index contributed by atoms with van der Waals surface area (Å²) in [5.74, 6) is 0.765. The molecule has 0 unspecified atom stereocenters. The second kappa shape index (κ2) is 11.8. The van der Waals surface area contributed by atoms with Gasteiger partial charge in [0.25, 0.3) is 5.91 Å². The molecule has 0 aliphatic carbocycles. The number of para-hydroxylation sites is 2. The Balaban J connectivity index is 1.54. The standard InChI is InChI=1S/C26H28N4O4/c31-24(29-18-20-11-14-27-15-12-20)19-30-16-5-1-2-6-17-33-22-9-3-4-10-23(22)34-25-21(26(30)32)8-7-13-28-25/h3-4,7-15H,1-2,5-6,16-19H2,(H,29,31). The van der Waals surface area contributed by atoms with Crippen LogP contribution in [-0.4, -0.2) is 46.4 Å². The second-order valence-electron chi connectivity index (χ2n) is 8.03. The van der Waals surface area contributed by atoms with Gasteiger partial charge in [0.2, 0.25) is 11.8 Å². The van der Waals surface area contributed by atoms with E-state index in [1.54, 1.807) is 41.7 Å². The highest BCUT2D eigenvalue weighted by molar-refractivity contribution is 5.98. The molecule has 3 aromatic rings. The normalized spacial score (nSPS) is 14.6. The number of fused-ring (bicyclic) bond motifs is 2. The predicted molar refractivity (Wildman–Crippen MR) is 127 cm³/mol. The monoisotopic (exact) mass is 460 g/mol.